The Kier molecular flexibility index (Phi) is 8.10. The van der Waals surface area contributed by atoms with Gasteiger partial charge in [0.25, 0.3) is 0 Å². The number of Topliss-reactive ketones (excluding diaryl/α,β-unsaturated/α-hetero) is 1. The van der Waals surface area contributed by atoms with Crippen LogP contribution in [0.2, 0.25) is 0 Å². The SMILES string of the molecule is CC(=O)O[C@@H]([C@H]1C[C@@H](C)C2[C@H](O1)C(=O)[C@@]1(C)[C@@H]3CC[C@@]4(C)C(C)(C)[C@@H](O[C@@H]5OC[C@H](O)[C@H](O)[C@H]5O)CC[C@@]45[C@@H](C)[C@@]35CC[C@]21C)C(C)(C)O. The number of ether oxygens (including phenoxy) is 4. The molecule has 0 radical (unpaired) electrons. The van der Waals surface area contributed by atoms with Crippen molar-refractivity contribution in [3.8, 4) is 0 Å². The first-order valence-corrected chi connectivity index (χ1v) is 19.0. The van der Waals surface area contributed by atoms with Gasteiger partial charge in [0.1, 0.15) is 24.4 Å². The van der Waals surface area contributed by atoms with Crippen molar-refractivity contribution >= 4 is 11.8 Å². The Hall–Kier alpha value is -1.14. The van der Waals surface area contributed by atoms with Crippen molar-refractivity contribution in [3.63, 3.8) is 0 Å². The summed E-state index contributed by atoms with van der Waals surface area (Å²) in [6.45, 7) is 20.8. The van der Waals surface area contributed by atoms with E-state index >= 15 is 4.79 Å². The number of hydrogen-bond acceptors (Lipinski definition) is 10. The highest BCUT2D eigenvalue weighted by atomic mass is 16.7. The van der Waals surface area contributed by atoms with Crippen LogP contribution in [-0.4, -0.2) is 93.4 Å². The maximum Gasteiger partial charge on any atom is 0.303 e. The summed E-state index contributed by atoms with van der Waals surface area (Å²) in [5.41, 5.74) is -2.50. The minimum Gasteiger partial charge on any atom is -0.457 e. The maximum absolute atomic E-state index is 15.1. The van der Waals surface area contributed by atoms with E-state index in [9.17, 15) is 25.2 Å². The van der Waals surface area contributed by atoms with Crippen molar-refractivity contribution in [1.29, 1.82) is 0 Å². The maximum atomic E-state index is 15.1. The first kappa shape index (κ1) is 36.2. The molecule has 10 heteroatoms. The second kappa shape index (κ2) is 11.0. The van der Waals surface area contributed by atoms with Crippen molar-refractivity contribution in [2.24, 2.45) is 56.2 Å². The van der Waals surface area contributed by atoms with Crippen LogP contribution < -0.4 is 0 Å². The second-order valence-electron chi connectivity index (χ2n) is 19.3. The monoisotopic (exact) mass is 690 g/mol. The summed E-state index contributed by atoms with van der Waals surface area (Å²) in [5.74, 6) is 0.554. The quantitative estimate of drug-likeness (QED) is 0.244. The van der Waals surface area contributed by atoms with Gasteiger partial charge in [-0.3, -0.25) is 9.59 Å². The molecule has 0 aromatic carbocycles. The first-order valence-electron chi connectivity index (χ1n) is 19.0. The average molecular weight is 691 g/mol. The van der Waals surface area contributed by atoms with E-state index in [4.69, 9.17) is 18.9 Å². The molecule has 0 amide bonds. The van der Waals surface area contributed by atoms with E-state index in [2.05, 4.69) is 48.5 Å². The van der Waals surface area contributed by atoms with Crippen molar-refractivity contribution in [2.45, 2.75) is 169 Å². The molecule has 5 aliphatic carbocycles. The lowest BCUT2D eigenvalue weighted by atomic mass is 9.38. The Morgan fingerprint density at radius 2 is 1.65 bits per heavy atom. The molecule has 10 nitrogen and oxygen atoms in total. The molecule has 4 N–H and O–H groups in total. The molecule has 0 aromatic heterocycles. The van der Waals surface area contributed by atoms with Crippen LogP contribution in [-0.2, 0) is 28.5 Å². The Bertz CT molecular complexity index is 1380. The van der Waals surface area contributed by atoms with Gasteiger partial charge in [-0.25, -0.2) is 0 Å². The largest absolute Gasteiger partial charge is 0.457 e. The van der Waals surface area contributed by atoms with Gasteiger partial charge in [-0.05, 0) is 104 Å². The first-order chi connectivity index (χ1) is 22.6. The number of esters is 1. The van der Waals surface area contributed by atoms with Crippen molar-refractivity contribution in [3.05, 3.63) is 0 Å². The van der Waals surface area contributed by atoms with Gasteiger partial charge in [-0.15, -0.1) is 0 Å². The fourth-order valence-electron chi connectivity index (χ4n) is 14.5. The van der Waals surface area contributed by atoms with Crippen LogP contribution in [0.25, 0.3) is 0 Å². The van der Waals surface area contributed by atoms with Gasteiger partial charge in [-0.2, -0.15) is 0 Å². The van der Waals surface area contributed by atoms with Gasteiger partial charge in [0.2, 0.25) is 0 Å². The molecule has 49 heavy (non-hydrogen) atoms. The van der Waals surface area contributed by atoms with Crippen LogP contribution in [0, 0.1) is 56.2 Å². The third-order valence-electron chi connectivity index (χ3n) is 17.2. The smallest absolute Gasteiger partial charge is 0.303 e. The molecule has 1 unspecified atom stereocenters. The molecule has 278 valence electrons. The van der Waals surface area contributed by atoms with Gasteiger partial charge >= 0.3 is 5.97 Å². The third kappa shape index (κ3) is 4.26. The normalized spacial score (nSPS) is 55.2. The summed E-state index contributed by atoms with van der Waals surface area (Å²) in [4.78, 5) is 27.2. The molecule has 2 heterocycles. The summed E-state index contributed by atoms with van der Waals surface area (Å²) < 4.78 is 24.7. The van der Waals surface area contributed by atoms with E-state index in [1.165, 1.54) is 6.92 Å². The molecular weight excluding hydrogens is 628 g/mol. The van der Waals surface area contributed by atoms with E-state index in [0.717, 1.165) is 38.5 Å². The minimum absolute atomic E-state index is 0.0107. The lowest BCUT2D eigenvalue weighted by Crippen LogP contribution is -2.64. The number of aliphatic hydroxyl groups is 4. The number of aliphatic hydroxyl groups excluding tert-OH is 3. The van der Waals surface area contributed by atoms with Crippen molar-refractivity contribution in [2.75, 3.05) is 6.61 Å². The van der Waals surface area contributed by atoms with Crippen LogP contribution in [0.1, 0.15) is 114 Å². The fraction of sp³-hybridized carbons (Fsp3) is 0.949. The molecule has 5 saturated carbocycles. The topological polar surface area (TPSA) is 152 Å². The van der Waals surface area contributed by atoms with E-state index in [1.54, 1.807) is 13.8 Å². The van der Waals surface area contributed by atoms with Gasteiger partial charge < -0.3 is 39.4 Å². The lowest BCUT2D eigenvalue weighted by molar-refractivity contribution is -0.311. The summed E-state index contributed by atoms with van der Waals surface area (Å²) in [6, 6.07) is 0. The number of ketones is 1. The highest BCUT2D eigenvalue weighted by Gasteiger charge is 2.90. The zero-order valence-electron chi connectivity index (χ0n) is 31.3. The summed E-state index contributed by atoms with van der Waals surface area (Å²) in [7, 11) is 0. The van der Waals surface area contributed by atoms with Gasteiger partial charge in [0, 0.05) is 18.3 Å². The third-order valence-corrected chi connectivity index (χ3v) is 17.2. The number of carbonyl (C=O) groups is 2. The van der Waals surface area contributed by atoms with E-state index in [1.807, 2.05) is 0 Å². The Morgan fingerprint density at radius 1 is 0.980 bits per heavy atom. The zero-order chi connectivity index (χ0) is 36.1. The molecule has 2 saturated heterocycles. The number of hydrogen-bond donors (Lipinski definition) is 4. The van der Waals surface area contributed by atoms with Gasteiger partial charge in [0.15, 0.2) is 18.2 Å². The Morgan fingerprint density at radius 3 is 2.29 bits per heavy atom. The van der Waals surface area contributed by atoms with E-state index < -0.39 is 59.9 Å². The molecule has 0 aromatic rings. The lowest BCUT2D eigenvalue weighted by Gasteiger charge is -2.66. The molecule has 7 fully saturated rings. The Balaban J connectivity index is 1.19. The van der Waals surface area contributed by atoms with Crippen LogP contribution in [0.4, 0.5) is 0 Å². The van der Waals surface area contributed by atoms with Crippen molar-refractivity contribution in [1.82, 2.24) is 0 Å². The summed E-state index contributed by atoms with van der Waals surface area (Å²) in [6.07, 6.45) is -0.769. The predicted molar refractivity (Wildman–Crippen MR) is 179 cm³/mol. The molecule has 0 bridgehead atoms. The standard InChI is InChI=1S/C39H62O10/c1-19-17-23(31(34(6,7)45)47-21(3)40)48-29-26(19)35(8)15-16-38-20(2)39(38)14-12-25(49-32-28(43)27(42)22(41)18-46-32)33(4,5)36(39,9)13-11-24(38)37(35,10)30(29)44/h19-20,22-29,31-32,41-43,45H,11-18H2,1-10H3/t19-,20+,22+,23-,24+,25+,26?,27+,28-,29+,31+,32+,35-,36+,37-,38+,39-/m1/s1. The highest BCUT2D eigenvalue weighted by molar-refractivity contribution is 5.93. The van der Waals surface area contributed by atoms with Crippen LogP contribution in [0.3, 0.4) is 0 Å². The predicted octanol–water partition coefficient (Wildman–Crippen LogP) is 4.17. The van der Waals surface area contributed by atoms with Crippen LogP contribution in [0.5, 0.6) is 0 Å². The molecule has 2 aliphatic heterocycles. The van der Waals surface area contributed by atoms with E-state index in [0.29, 0.717) is 12.3 Å². The second-order valence-corrected chi connectivity index (χ2v) is 19.3. The zero-order valence-corrected chi connectivity index (χ0v) is 31.3. The number of carbonyl (C=O) groups excluding carboxylic acids is 2. The molecule has 7 rings (SSSR count). The molecule has 2 spiro atoms. The molecule has 17 atom stereocenters. The average Bonchev–Trinajstić information content (AvgIpc) is 3.49. The Labute approximate surface area is 292 Å². The molecule has 7 aliphatic rings. The van der Waals surface area contributed by atoms with Gasteiger partial charge in [0.05, 0.1) is 24.4 Å². The van der Waals surface area contributed by atoms with Gasteiger partial charge in [-0.1, -0.05) is 48.5 Å². The number of fused-ring (bicyclic) bond motifs is 4. The molecular formula is C39H62O10. The summed E-state index contributed by atoms with van der Waals surface area (Å²) >= 11 is 0. The minimum atomic E-state index is -1.32. The summed E-state index contributed by atoms with van der Waals surface area (Å²) in [5, 5.41) is 42.1. The number of rotatable bonds is 5. The van der Waals surface area contributed by atoms with Crippen LogP contribution in [0.15, 0.2) is 0 Å². The van der Waals surface area contributed by atoms with Crippen LogP contribution >= 0.6 is 0 Å². The highest BCUT2D eigenvalue weighted by Crippen LogP contribution is 2.94. The van der Waals surface area contributed by atoms with E-state index in [-0.39, 0.29) is 63.3 Å². The van der Waals surface area contributed by atoms with Crippen molar-refractivity contribution < 1.29 is 49.0 Å². The fourth-order valence-corrected chi connectivity index (χ4v) is 14.5.